The third-order valence-corrected chi connectivity index (χ3v) is 4.76. The van der Waals surface area contributed by atoms with Gasteiger partial charge in [0.05, 0.1) is 6.61 Å². The van der Waals surface area contributed by atoms with Crippen molar-refractivity contribution >= 4 is 13.2 Å². The monoisotopic (exact) mass is 483 g/mol. The molecule has 0 aliphatic carbocycles. The number of aryl methyl sites for hydroxylation is 1. The molecular weight excluding hydrogens is 461 g/mol. The summed E-state index contributed by atoms with van der Waals surface area (Å²) in [5, 5.41) is 0. The molecule has 0 atom stereocenters. The number of benzene rings is 2. The zero-order chi connectivity index (χ0) is 25.4. The van der Waals surface area contributed by atoms with Crippen molar-refractivity contribution in [3.05, 3.63) is 96.4 Å². The number of hydrogen-bond donors (Lipinski definition) is 0. The smallest absolute Gasteiger partial charge is 0.460 e. The molecule has 35 heavy (non-hydrogen) atoms. The lowest BCUT2D eigenvalue weighted by Crippen LogP contribution is -2.42. The highest BCUT2D eigenvalue weighted by Crippen LogP contribution is 2.26. The first-order valence-corrected chi connectivity index (χ1v) is 10.7. The van der Waals surface area contributed by atoms with Crippen LogP contribution >= 0.6 is 0 Å². The molecule has 2 heterocycles. The fraction of sp³-hybridized carbons (Fsp3) is 0.120. The molecule has 5 nitrogen and oxygen atoms in total. The number of ether oxygens (including phenoxy) is 1. The minimum absolute atomic E-state index is 0.282. The number of nitrogens with zero attached hydrogens (tertiary/aromatic N) is 3. The van der Waals surface area contributed by atoms with Gasteiger partial charge in [0.25, 0.3) is 0 Å². The van der Waals surface area contributed by atoms with Gasteiger partial charge >= 0.3 is 19.2 Å². The Balaban J connectivity index is 0.000000623. The van der Waals surface area contributed by atoms with E-state index in [2.05, 4.69) is 47.2 Å². The second-order valence-corrected chi connectivity index (χ2v) is 7.35. The molecule has 10 heteroatoms. The number of carbonyl (C=O) groups is 1. The maximum absolute atomic E-state index is 13.0. The van der Waals surface area contributed by atoms with Gasteiger partial charge in [0.1, 0.15) is 18.1 Å². The van der Waals surface area contributed by atoms with E-state index in [0.717, 1.165) is 22.4 Å². The lowest BCUT2D eigenvalue weighted by atomic mass is 10.0. The Morgan fingerprint density at radius 1 is 0.857 bits per heavy atom. The number of halogens is 4. The SMILES string of the molecule is CCOC(=O)c1cc(-c2ccc(C)cc2)cc(-c2ccccc2)[n+]1-c1ncccn1.F[B-](F)(F)F. The number of hydrogen-bond acceptors (Lipinski definition) is 4. The van der Waals surface area contributed by atoms with Gasteiger partial charge in [-0.3, -0.25) is 0 Å². The number of esters is 1. The summed E-state index contributed by atoms with van der Waals surface area (Å²) in [6.45, 7) is 4.13. The highest BCUT2D eigenvalue weighted by molar-refractivity contribution is 6.50. The fourth-order valence-electron chi connectivity index (χ4n) is 3.31. The van der Waals surface area contributed by atoms with Crippen molar-refractivity contribution in [2.75, 3.05) is 6.61 Å². The molecule has 0 bridgehead atoms. The predicted molar refractivity (Wildman–Crippen MR) is 125 cm³/mol. The van der Waals surface area contributed by atoms with E-state index in [-0.39, 0.29) is 6.61 Å². The lowest BCUT2D eigenvalue weighted by molar-refractivity contribution is -0.595. The maximum Gasteiger partial charge on any atom is 0.673 e. The quantitative estimate of drug-likeness (QED) is 0.154. The van der Waals surface area contributed by atoms with Gasteiger partial charge in [-0.15, -0.1) is 0 Å². The molecule has 0 radical (unpaired) electrons. The first-order chi connectivity index (χ1) is 16.7. The van der Waals surface area contributed by atoms with Crippen LogP contribution in [0.25, 0.3) is 28.3 Å². The molecule has 2 aromatic heterocycles. The van der Waals surface area contributed by atoms with Crippen molar-refractivity contribution in [1.29, 1.82) is 0 Å². The van der Waals surface area contributed by atoms with E-state index in [9.17, 15) is 22.1 Å². The molecule has 0 unspecified atom stereocenters. The van der Waals surface area contributed by atoms with Crippen LogP contribution in [0.4, 0.5) is 17.3 Å². The van der Waals surface area contributed by atoms with Gasteiger partial charge in [-0.05, 0) is 37.1 Å². The number of pyridine rings is 1. The normalized spacial score (nSPS) is 10.8. The topological polar surface area (TPSA) is 56.0 Å². The third-order valence-electron chi connectivity index (χ3n) is 4.76. The summed E-state index contributed by atoms with van der Waals surface area (Å²) >= 11 is 0. The molecule has 0 aliphatic rings. The summed E-state index contributed by atoms with van der Waals surface area (Å²) in [5.41, 5.74) is 5.25. The largest absolute Gasteiger partial charge is 0.673 e. The van der Waals surface area contributed by atoms with E-state index in [1.807, 2.05) is 36.4 Å². The molecule has 0 saturated heterocycles. The summed E-state index contributed by atoms with van der Waals surface area (Å²) in [6, 6.07) is 23.8. The maximum atomic E-state index is 13.0. The van der Waals surface area contributed by atoms with Crippen LogP contribution in [0.15, 0.2) is 85.2 Å². The summed E-state index contributed by atoms with van der Waals surface area (Å²) in [5.74, 6) is -0.00837. The Bertz CT molecular complexity index is 1260. The zero-order valence-corrected chi connectivity index (χ0v) is 19.0. The molecule has 0 saturated carbocycles. The summed E-state index contributed by atoms with van der Waals surface area (Å²) < 4.78 is 46.1. The molecule has 2 aromatic carbocycles. The van der Waals surface area contributed by atoms with Gasteiger partial charge < -0.3 is 22.0 Å². The number of rotatable bonds is 5. The Kier molecular flexibility index (Phi) is 8.30. The van der Waals surface area contributed by atoms with Gasteiger partial charge in [0, 0.05) is 11.6 Å². The molecule has 0 amide bonds. The van der Waals surface area contributed by atoms with E-state index in [0.29, 0.717) is 11.6 Å². The lowest BCUT2D eigenvalue weighted by Gasteiger charge is -2.14. The Hall–Kier alpha value is -4.08. The van der Waals surface area contributed by atoms with Crippen LogP contribution in [0.5, 0.6) is 0 Å². The Morgan fingerprint density at radius 2 is 1.46 bits per heavy atom. The van der Waals surface area contributed by atoms with E-state index in [1.165, 1.54) is 5.56 Å². The van der Waals surface area contributed by atoms with E-state index in [1.54, 1.807) is 30.0 Å². The minimum Gasteiger partial charge on any atom is -0.460 e. The van der Waals surface area contributed by atoms with E-state index < -0.39 is 13.2 Å². The Morgan fingerprint density at radius 3 is 2.03 bits per heavy atom. The zero-order valence-electron chi connectivity index (χ0n) is 19.0. The molecule has 0 spiro atoms. The second-order valence-electron chi connectivity index (χ2n) is 7.35. The predicted octanol–water partition coefficient (Wildman–Crippen LogP) is 5.87. The fourth-order valence-corrected chi connectivity index (χ4v) is 3.31. The van der Waals surface area contributed by atoms with Gasteiger partial charge in [-0.2, -0.15) is 4.57 Å². The first-order valence-electron chi connectivity index (χ1n) is 10.7. The highest BCUT2D eigenvalue weighted by atomic mass is 19.5. The van der Waals surface area contributed by atoms with Crippen LogP contribution in [0.1, 0.15) is 23.0 Å². The summed E-state index contributed by atoms with van der Waals surface area (Å²) in [6.07, 6.45) is 3.32. The first kappa shape index (κ1) is 25.5. The van der Waals surface area contributed by atoms with Crippen LogP contribution in [-0.4, -0.2) is 29.8 Å². The Labute approximate surface area is 200 Å². The highest BCUT2D eigenvalue weighted by Gasteiger charge is 2.26. The van der Waals surface area contributed by atoms with E-state index in [4.69, 9.17) is 4.74 Å². The molecular formula is C25H22BF4N3O2. The van der Waals surface area contributed by atoms with Crippen molar-refractivity contribution in [2.24, 2.45) is 0 Å². The minimum atomic E-state index is -6.00. The number of carbonyl (C=O) groups excluding carboxylic acids is 1. The van der Waals surface area contributed by atoms with Crippen molar-refractivity contribution in [1.82, 2.24) is 9.97 Å². The van der Waals surface area contributed by atoms with Crippen molar-refractivity contribution < 1.29 is 31.4 Å². The van der Waals surface area contributed by atoms with Crippen LogP contribution in [0.2, 0.25) is 0 Å². The van der Waals surface area contributed by atoms with Gasteiger partial charge in [0.2, 0.25) is 0 Å². The van der Waals surface area contributed by atoms with Crippen molar-refractivity contribution in [2.45, 2.75) is 13.8 Å². The molecule has 4 aromatic rings. The van der Waals surface area contributed by atoms with Crippen LogP contribution in [0, 0.1) is 6.92 Å². The van der Waals surface area contributed by atoms with Gasteiger partial charge in [-0.1, -0.05) is 70.1 Å². The molecule has 0 N–H and O–H groups in total. The second kappa shape index (κ2) is 11.4. The van der Waals surface area contributed by atoms with Crippen LogP contribution in [0.3, 0.4) is 0 Å². The number of aromatic nitrogens is 3. The van der Waals surface area contributed by atoms with Crippen molar-refractivity contribution in [3.63, 3.8) is 0 Å². The van der Waals surface area contributed by atoms with Crippen molar-refractivity contribution in [3.8, 4) is 28.3 Å². The van der Waals surface area contributed by atoms with E-state index >= 15 is 0 Å². The molecule has 4 rings (SSSR count). The van der Waals surface area contributed by atoms with Gasteiger partial charge in [-0.25, -0.2) is 4.79 Å². The average Bonchev–Trinajstić information content (AvgIpc) is 2.84. The van der Waals surface area contributed by atoms with Crippen LogP contribution in [-0.2, 0) is 4.74 Å². The molecule has 180 valence electrons. The van der Waals surface area contributed by atoms with Gasteiger partial charge in [0.15, 0.2) is 5.69 Å². The van der Waals surface area contributed by atoms with Crippen LogP contribution < -0.4 is 4.57 Å². The standard InChI is InChI=1S/C25H22N3O2.BF4/c1-3-30-24(29)23-17-21(19-12-10-18(2)11-13-19)16-22(20-8-5-4-6-9-20)28(23)25-26-14-7-15-27-25;2-1(3,4)5/h4-17H,3H2,1-2H3;/q+1;-1. The molecule has 0 aliphatic heterocycles. The average molecular weight is 483 g/mol. The third kappa shape index (κ3) is 7.20. The molecule has 0 fully saturated rings. The summed E-state index contributed by atoms with van der Waals surface area (Å²) in [7, 11) is -6.00. The summed E-state index contributed by atoms with van der Waals surface area (Å²) in [4.78, 5) is 21.8.